The molecule has 9 heteroatoms. The molecule has 0 saturated carbocycles. The molecule has 0 spiro atoms. The highest BCUT2D eigenvalue weighted by Crippen LogP contribution is 2.24. The van der Waals surface area contributed by atoms with Gasteiger partial charge in [-0.3, -0.25) is 4.79 Å². The van der Waals surface area contributed by atoms with E-state index in [1.807, 2.05) is 0 Å². The summed E-state index contributed by atoms with van der Waals surface area (Å²) in [5, 5.41) is 9.79. The van der Waals surface area contributed by atoms with Crippen molar-refractivity contribution in [1.29, 1.82) is 0 Å². The molecule has 0 aromatic carbocycles. The van der Waals surface area contributed by atoms with Crippen molar-refractivity contribution >= 4 is 62.3 Å². The van der Waals surface area contributed by atoms with Crippen LogP contribution in [0.1, 0.15) is 10.4 Å². The second-order valence-corrected chi connectivity index (χ2v) is 5.34. The van der Waals surface area contributed by atoms with Gasteiger partial charge in [0.1, 0.15) is 0 Å². The Morgan fingerprint density at radius 1 is 1.16 bits per heavy atom. The second-order valence-electron chi connectivity index (χ2n) is 3.32. The Labute approximate surface area is 131 Å². The van der Waals surface area contributed by atoms with Gasteiger partial charge in [0.2, 0.25) is 0 Å². The molecule has 2 rings (SSSR count). The molecule has 0 atom stereocenters. The zero-order chi connectivity index (χ0) is 14.0. The van der Waals surface area contributed by atoms with E-state index in [0.29, 0.717) is 10.2 Å². The van der Waals surface area contributed by atoms with Gasteiger partial charge in [-0.2, -0.15) is 0 Å². The zero-order valence-corrected chi connectivity index (χ0v) is 12.8. The molecule has 98 valence electrons. The van der Waals surface area contributed by atoms with E-state index in [4.69, 9.17) is 34.8 Å². The minimum atomic E-state index is -0.511. The maximum absolute atomic E-state index is 12.0. The van der Waals surface area contributed by atoms with Crippen molar-refractivity contribution in [3.05, 3.63) is 43.8 Å². The van der Waals surface area contributed by atoms with Crippen LogP contribution in [0.5, 0.6) is 0 Å². The van der Waals surface area contributed by atoms with E-state index < -0.39 is 5.91 Å². The third kappa shape index (κ3) is 3.54. The molecule has 0 aliphatic rings. The van der Waals surface area contributed by atoms with E-state index in [1.165, 1.54) is 12.3 Å². The summed E-state index contributed by atoms with van der Waals surface area (Å²) >= 11 is 20.5. The summed E-state index contributed by atoms with van der Waals surface area (Å²) in [4.78, 5) is 15.9. The van der Waals surface area contributed by atoms with E-state index in [1.54, 1.807) is 6.07 Å². The lowest BCUT2D eigenvalue weighted by molar-refractivity contribution is 0.102. The molecule has 19 heavy (non-hydrogen) atoms. The van der Waals surface area contributed by atoms with Crippen molar-refractivity contribution in [1.82, 2.24) is 15.2 Å². The van der Waals surface area contributed by atoms with Gasteiger partial charge in [0, 0.05) is 10.7 Å². The molecule has 0 saturated heterocycles. The van der Waals surface area contributed by atoms with Gasteiger partial charge in [-0.1, -0.05) is 34.8 Å². The van der Waals surface area contributed by atoms with Crippen molar-refractivity contribution in [2.45, 2.75) is 0 Å². The zero-order valence-electron chi connectivity index (χ0n) is 8.99. The first-order valence-corrected chi connectivity index (χ1v) is 6.71. The van der Waals surface area contributed by atoms with Crippen LogP contribution < -0.4 is 5.32 Å². The van der Waals surface area contributed by atoms with Crippen LogP contribution in [0.25, 0.3) is 0 Å². The van der Waals surface area contributed by atoms with E-state index in [9.17, 15) is 4.79 Å². The van der Waals surface area contributed by atoms with E-state index in [-0.39, 0.29) is 21.0 Å². The summed E-state index contributed by atoms with van der Waals surface area (Å²) in [6, 6.07) is 2.92. The number of carbonyl (C=O) groups is 1. The molecule has 2 aromatic rings. The van der Waals surface area contributed by atoms with E-state index >= 15 is 0 Å². The Hall–Kier alpha value is -0.950. The van der Waals surface area contributed by atoms with Crippen LogP contribution >= 0.6 is 50.7 Å². The number of hydrogen-bond donors (Lipinski definition) is 1. The minimum absolute atomic E-state index is 0.0546. The highest BCUT2D eigenvalue weighted by molar-refractivity contribution is 9.10. The number of amides is 1. The summed E-state index contributed by atoms with van der Waals surface area (Å²) in [5.74, 6) is -0.511. The van der Waals surface area contributed by atoms with Crippen LogP contribution in [0.4, 0.5) is 5.69 Å². The van der Waals surface area contributed by atoms with Crippen LogP contribution in [0, 0.1) is 0 Å². The fourth-order valence-corrected chi connectivity index (χ4v) is 2.02. The lowest BCUT2D eigenvalue weighted by atomic mass is 10.3. The Morgan fingerprint density at radius 2 is 1.89 bits per heavy atom. The van der Waals surface area contributed by atoms with Gasteiger partial charge in [-0.25, -0.2) is 4.98 Å². The van der Waals surface area contributed by atoms with Crippen molar-refractivity contribution in [3.63, 3.8) is 0 Å². The summed E-state index contributed by atoms with van der Waals surface area (Å²) in [6.07, 6.45) is 1.51. The molecule has 2 aromatic heterocycles. The summed E-state index contributed by atoms with van der Waals surface area (Å²) < 4.78 is 0.671. The van der Waals surface area contributed by atoms with Crippen molar-refractivity contribution in [2.75, 3.05) is 5.32 Å². The smallest absolute Gasteiger partial charge is 0.259 e. The quantitative estimate of drug-likeness (QED) is 0.801. The first kappa shape index (κ1) is 14.5. The lowest BCUT2D eigenvalue weighted by Crippen LogP contribution is -2.14. The highest BCUT2D eigenvalue weighted by Gasteiger charge is 2.15. The van der Waals surface area contributed by atoms with E-state index in [2.05, 4.69) is 36.4 Å². The van der Waals surface area contributed by atoms with Gasteiger partial charge in [-0.15, -0.1) is 10.2 Å². The summed E-state index contributed by atoms with van der Waals surface area (Å²) in [7, 11) is 0. The molecule has 0 aliphatic carbocycles. The number of nitrogens with zero attached hydrogens (tertiary/aromatic N) is 3. The Balaban J connectivity index is 2.30. The predicted octanol–water partition coefficient (Wildman–Crippen LogP) is 3.85. The number of carbonyl (C=O) groups excluding carboxylic acids is 1. The molecule has 5 nitrogen and oxygen atoms in total. The Morgan fingerprint density at radius 3 is 2.63 bits per heavy atom. The number of pyridine rings is 1. The maximum atomic E-state index is 12.0. The number of nitrogens with one attached hydrogen (secondary N) is 1. The molecule has 0 aliphatic heterocycles. The molecule has 0 unspecified atom stereocenters. The van der Waals surface area contributed by atoms with Crippen LogP contribution in [0.3, 0.4) is 0 Å². The number of anilines is 1. The van der Waals surface area contributed by atoms with Gasteiger partial charge in [0.15, 0.2) is 15.5 Å². The SMILES string of the molecule is O=C(Nc1cc(Br)cnc1Cl)c1cc(Cl)nnc1Cl. The van der Waals surface area contributed by atoms with Gasteiger partial charge >= 0.3 is 0 Å². The third-order valence-corrected chi connectivity index (χ3v) is 3.22. The van der Waals surface area contributed by atoms with Crippen molar-refractivity contribution in [2.24, 2.45) is 0 Å². The standard InChI is InChI=1S/C10H4BrCl3N4O/c11-4-1-6(9(14)15-3-4)16-10(19)5-2-7(12)17-18-8(5)13/h1-3H,(H,16,19). The van der Waals surface area contributed by atoms with Crippen LogP contribution in [-0.2, 0) is 0 Å². The number of hydrogen-bond acceptors (Lipinski definition) is 4. The Bertz CT molecular complexity index is 653. The fraction of sp³-hybridized carbons (Fsp3) is 0. The summed E-state index contributed by atoms with van der Waals surface area (Å²) in [5.41, 5.74) is 0.433. The van der Waals surface area contributed by atoms with Gasteiger partial charge in [0.05, 0.1) is 11.3 Å². The first-order chi connectivity index (χ1) is 8.97. The van der Waals surface area contributed by atoms with Crippen molar-refractivity contribution < 1.29 is 4.79 Å². The molecular weight excluding hydrogens is 378 g/mol. The number of aromatic nitrogens is 3. The minimum Gasteiger partial charge on any atom is -0.319 e. The normalized spacial score (nSPS) is 10.3. The predicted molar refractivity (Wildman–Crippen MR) is 77.0 cm³/mol. The molecule has 2 heterocycles. The molecule has 1 N–H and O–H groups in total. The second kappa shape index (κ2) is 6.00. The molecule has 0 fully saturated rings. The molecule has 0 bridgehead atoms. The van der Waals surface area contributed by atoms with Crippen LogP contribution in [0.2, 0.25) is 15.5 Å². The van der Waals surface area contributed by atoms with Gasteiger partial charge in [-0.05, 0) is 28.1 Å². The highest BCUT2D eigenvalue weighted by atomic mass is 79.9. The van der Waals surface area contributed by atoms with Gasteiger partial charge < -0.3 is 5.32 Å². The summed E-state index contributed by atoms with van der Waals surface area (Å²) in [6.45, 7) is 0. The Kier molecular flexibility index (Phi) is 4.57. The average molecular weight is 382 g/mol. The third-order valence-electron chi connectivity index (χ3n) is 2.02. The molecule has 0 radical (unpaired) electrons. The van der Waals surface area contributed by atoms with Crippen molar-refractivity contribution in [3.8, 4) is 0 Å². The first-order valence-electron chi connectivity index (χ1n) is 4.78. The maximum Gasteiger partial charge on any atom is 0.259 e. The monoisotopic (exact) mass is 380 g/mol. The van der Waals surface area contributed by atoms with Crippen LogP contribution in [-0.4, -0.2) is 21.1 Å². The van der Waals surface area contributed by atoms with Gasteiger partial charge in [0.25, 0.3) is 5.91 Å². The van der Waals surface area contributed by atoms with Crippen LogP contribution in [0.15, 0.2) is 22.8 Å². The lowest BCUT2D eigenvalue weighted by Gasteiger charge is -2.07. The average Bonchev–Trinajstić information content (AvgIpc) is 2.36. The largest absolute Gasteiger partial charge is 0.319 e. The topological polar surface area (TPSA) is 67.8 Å². The fourth-order valence-electron chi connectivity index (χ4n) is 1.21. The molecule has 1 amide bonds. The number of halogens is 4. The molecular formula is C10H4BrCl3N4O. The number of rotatable bonds is 2. The van der Waals surface area contributed by atoms with E-state index in [0.717, 1.165) is 0 Å².